The molecular weight excluding hydrogens is 380 g/mol. The monoisotopic (exact) mass is 390 g/mol. The van der Waals surface area contributed by atoms with Crippen molar-refractivity contribution < 1.29 is 0 Å². The van der Waals surface area contributed by atoms with Gasteiger partial charge in [-0.3, -0.25) is 9.98 Å². The number of halogens is 2. The van der Waals surface area contributed by atoms with E-state index < -0.39 is 0 Å². The van der Waals surface area contributed by atoms with Gasteiger partial charge < -0.3 is 0 Å². The molecule has 3 rings (SSSR count). The molecule has 2 nitrogen and oxygen atoms in total. The molecule has 0 radical (unpaired) electrons. The normalized spacial score (nSPS) is 14.7. The van der Waals surface area contributed by atoms with Crippen LogP contribution in [0.1, 0.15) is 11.1 Å². The van der Waals surface area contributed by atoms with Gasteiger partial charge in [0.05, 0.1) is 24.5 Å². The maximum atomic E-state index is 4.67. The number of hydrogen-bond donors (Lipinski definition) is 0. The smallest absolute Gasteiger partial charge is 0.0905 e. The first-order valence-electron chi connectivity index (χ1n) is 6.35. The van der Waals surface area contributed by atoms with Gasteiger partial charge in [-0.15, -0.1) is 0 Å². The lowest BCUT2D eigenvalue weighted by Crippen LogP contribution is -2.22. The highest BCUT2D eigenvalue weighted by Crippen LogP contribution is 2.18. The number of rotatable bonds is 2. The summed E-state index contributed by atoms with van der Waals surface area (Å²) in [5.41, 5.74) is 4.17. The minimum Gasteiger partial charge on any atom is -0.281 e. The summed E-state index contributed by atoms with van der Waals surface area (Å²) in [7, 11) is 0. The van der Waals surface area contributed by atoms with E-state index >= 15 is 0 Å². The third kappa shape index (κ3) is 2.91. The molecule has 1 aliphatic rings. The maximum absolute atomic E-state index is 4.67. The zero-order valence-corrected chi connectivity index (χ0v) is 13.9. The Morgan fingerprint density at radius 2 is 0.950 bits per heavy atom. The molecule has 1 aliphatic heterocycles. The van der Waals surface area contributed by atoms with Crippen LogP contribution in [0.3, 0.4) is 0 Å². The van der Waals surface area contributed by atoms with Crippen molar-refractivity contribution in [2.45, 2.75) is 0 Å². The molecule has 2 aromatic carbocycles. The van der Waals surface area contributed by atoms with Crippen LogP contribution in [0.15, 0.2) is 67.5 Å². The quantitative estimate of drug-likeness (QED) is 0.719. The molecule has 4 heteroatoms. The molecular formula is C16H12Br2N2. The van der Waals surface area contributed by atoms with Crippen LogP contribution in [0, 0.1) is 0 Å². The second kappa shape index (κ2) is 6.02. The van der Waals surface area contributed by atoms with Gasteiger partial charge in [0.25, 0.3) is 0 Å². The van der Waals surface area contributed by atoms with Gasteiger partial charge in [-0.1, -0.05) is 56.1 Å². The Morgan fingerprint density at radius 3 is 1.30 bits per heavy atom. The van der Waals surface area contributed by atoms with Crippen molar-refractivity contribution in [3.05, 3.63) is 68.6 Å². The van der Waals surface area contributed by atoms with E-state index in [2.05, 4.69) is 66.1 Å². The van der Waals surface area contributed by atoms with E-state index in [1.165, 1.54) is 0 Å². The van der Waals surface area contributed by atoms with Crippen LogP contribution < -0.4 is 0 Å². The van der Waals surface area contributed by atoms with E-state index in [0.717, 1.165) is 44.6 Å². The molecule has 0 fully saturated rings. The van der Waals surface area contributed by atoms with Crippen molar-refractivity contribution in [2.24, 2.45) is 9.98 Å². The van der Waals surface area contributed by atoms with E-state index in [9.17, 15) is 0 Å². The predicted molar refractivity (Wildman–Crippen MR) is 91.1 cm³/mol. The van der Waals surface area contributed by atoms with Gasteiger partial charge in [0, 0.05) is 20.1 Å². The highest BCUT2D eigenvalue weighted by molar-refractivity contribution is 9.10. The van der Waals surface area contributed by atoms with Crippen molar-refractivity contribution in [1.82, 2.24) is 0 Å². The van der Waals surface area contributed by atoms with Crippen LogP contribution in [0.25, 0.3) is 0 Å². The van der Waals surface area contributed by atoms with Gasteiger partial charge in [0.2, 0.25) is 0 Å². The molecule has 0 atom stereocenters. The molecule has 0 saturated carbocycles. The summed E-state index contributed by atoms with van der Waals surface area (Å²) >= 11 is 6.92. The van der Waals surface area contributed by atoms with Gasteiger partial charge in [-0.25, -0.2) is 0 Å². The van der Waals surface area contributed by atoms with Crippen molar-refractivity contribution in [3.63, 3.8) is 0 Å². The van der Waals surface area contributed by atoms with Crippen LogP contribution in [-0.2, 0) is 0 Å². The first-order valence-corrected chi connectivity index (χ1v) is 7.94. The molecule has 2 aromatic rings. The molecule has 0 bridgehead atoms. The van der Waals surface area contributed by atoms with E-state index in [4.69, 9.17) is 0 Å². The number of benzene rings is 2. The van der Waals surface area contributed by atoms with E-state index in [1.54, 1.807) is 0 Å². The predicted octanol–water partition coefficient (Wildman–Crippen LogP) is 4.50. The molecule has 0 saturated heterocycles. The molecule has 0 spiro atoms. The van der Waals surface area contributed by atoms with Gasteiger partial charge in [0.1, 0.15) is 0 Å². The molecule has 1 heterocycles. The van der Waals surface area contributed by atoms with Gasteiger partial charge >= 0.3 is 0 Å². The van der Waals surface area contributed by atoms with Crippen molar-refractivity contribution in [2.75, 3.05) is 13.1 Å². The van der Waals surface area contributed by atoms with Gasteiger partial charge in [-0.05, 0) is 24.3 Å². The van der Waals surface area contributed by atoms with E-state index in [1.807, 2.05) is 24.3 Å². The summed E-state index contributed by atoms with van der Waals surface area (Å²) < 4.78 is 2.14. The summed E-state index contributed by atoms with van der Waals surface area (Å²) in [4.78, 5) is 9.34. The van der Waals surface area contributed by atoms with Crippen LogP contribution >= 0.6 is 31.9 Å². The fourth-order valence-corrected chi connectivity index (χ4v) is 2.67. The molecule has 0 aromatic heterocycles. The number of hydrogen-bond acceptors (Lipinski definition) is 2. The number of aliphatic imine (C=N–C) groups is 2. The van der Waals surface area contributed by atoms with Crippen molar-refractivity contribution in [3.8, 4) is 0 Å². The topological polar surface area (TPSA) is 24.7 Å². The fraction of sp³-hybridized carbons (Fsp3) is 0.125. The van der Waals surface area contributed by atoms with Gasteiger partial charge in [-0.2, -0.15) is 0 Å². The largest absolute Gasteiger partial charge is 0.281 e. The van der Waals surface area contributed by atoms with Gasteiger partial charge in [0.15, 0.2) is 0 Å². The van der Waals surface area contributed by atoms with Crippen LogP contribution in [0.2, 0.25) is 0 Å². The third-order valence-corrected chi connectivity index (χ3v) is 4.16. The lowest BCUT2D eigenvalue weighted by molar-refractivity contribution is 0.964. The van der Waals surface area contributed by atoms with Crippen LogP contribution in [-0.4, -0.2) is 24.5 Å². The Labute approximate surface area is 134 Å². The lowest BCUT2D eigenvalue weighted by Gasteiger charge is -2.15. The van der Waals surface area contributed by atoms with Crippen molar-refractivity contribution in [1.29, 1.82) is 0 Å². The molecule has 0 unspecified atom stereocenters. The molecule has 0 aliphatic carbocycles. The lowest BCUT2D eigenvalue weighted by atomic mass is 9.99. The number of nitrogens with zero attached hydrogens (tertiary/aromatic N) is 2. The fourth-order valence-electron chi connectivity index (χ4n) is 2.14. The summed E-state index contributed by atoms with van der Waals surface area (Å²) in [6.45, 7) is 1.51. The Bertz CT molecular complexity index is 609. The van der Waals surface area contributed by atoms with Crippen LogP contribution in [0.5, 0.6) is 0 Å². The summed E-state index contributed by atoms with van der Waals surface area (Å²) in [6, 6.07) is 16.4. The zero-order valence-electron chi connectivity index (χ0n) is 10.7. The Morgan fingerprint density at radius 1 is 0.600 bits per heavy atom. The Balaban J connectivity index is 2.01. The molecule has 0 N–H and O–H groups in total. The Kier molecular flexibility index (Phi) is 4.13. The average Bonchev–Trinajstić information content (AvgIpc) is 2.49. The first-order chi connectivity index (χ1) is 9.74. The van der Waals surface area contributed by atoms with Crippen molar-refractivity contribution >= 4 is 43.3 Å². The minimum absolute atomic E-state index is 0.755. The summed E-state index contributed by atoms with van der Waals surface area (Å²) in [6.07, 6.45) is 0. The third-order valence-electron chi connectivity index (χ3n) is 3.10. The summed E-state index contributed by atoms with van der Waals surface area (Å²) in [5.74, 6) is 0. The highest BCUT2D eigenvalue weighted by atomic mass is 79.9. The Hall–Kier alpha value is -1.26. The minimum atomic E-state index is 0.755. The summed E-state index contributed by atoms with van der Waals surface area (Å²) in [5, 5.41) is 0. The van der Waals surface area contributed by atoms with E-state index in [-0.39, 0.29) is 0 Å². The SMILES string of the molecule is Brc1ccc(C2=NCCN=C2c2ccc(Br)cc2)cc1. The maximum Gasteiger partial charge on any atom is 0.0905 e. The standard InChI is InChI=1S/C16H12Br2N2/c17-13-5-1-11(2-6-13)15-16(20-10-9-19-15)12-3-7-14(18)8-4-12/h1-8H,9-10H2. The molecule has 20 heavy (non-hydrogen) atoms. The zero-order chi connectivity index (χ0) is 13.9. The molecule has 0 amide bonds. The second-order valence-corrected chi connectivity index (χ2v) is 6.31. The second-order valence-electron chi connectivity index (χ2n) is 4.47. The van der Waals surface area contributed by atoms with E-state index in [0.29, 0.717) is 0 Å². The average molecular weight is 392 g/mol. The van der Waals surface area contributed by atoms with Crippen LogP contribution in [0.4, 0.5) is 0 Å². The highest BCUT2D eigenvalue weighted by Gasteiger charge is 2.16. The molecule has 100 valence electrons. The first kappa shape index (κ1) is 13.7.